The number of carbonyl (C=O) groups excluding carboxylic acids is 1. The van der Waals surface area contributed by atoms with Gasteiger partial charge in [0.15, 0.2) is 11.5 Å². The summed E-state index contributed by atoms with van der Waals surface area (Å²) in [6.07, 6.45) is 0. The molecule has 0 saturated heterocycles. The summed E-state index contributed by atoms with van der Waals surface area (Å²) in [5, 5.41) is 37.6. The first-order valence-electron chi connectivity index (χ1n) is 9.68. The number of aromatic nitrogens is 1. The van der Waals surface area contributed by atoms with Crippen LogP contribution in [0.4, 0.5) is 5.69 Å². The SMILES string of the molecule is O=C(NCc1ccccc1)c1cc(-c2c(O)cc(O)cc2Oc2ccc([N+](=O)[O-])cc2)on1. The van der Waals surface area contributed by atoms with Crippen LogP contribution in [0.3, 0.4) is 0 Å². The van der Waals surface area contributed by atoms with Crippen molar-refractivity contribution < 1.29 is 29.2 Å². The highest BCUT2D eigenvalue weighted by Gasteiger charge is 2.21. The topological polar surface area (TPSA) is 148 Å². The van der Waals surface area contributed by atoms with Crippen LogP contribution in [0.1, 0.15) is 16.1 Å². The van der Waals surface area contributed by atoms with Crippen LogP contribution in [-0.4, -0.2) is 26.2 Å². The molecule has 33 heavy (non-hydrogen) atoms. The number of amides is 1. The highest BCUT2D eigenvalue weighted by atomic mass is 16.6. The van der Waals surface area contributed by atoms with E-state index in [0.29, 0.717) is 6.54 Å². The van der Waals surface area contributed by atoms with E-state index in [-0.39, 0.29) is 45.7 Å². The lowest BCUT2D eigenvalue weighted by Gasteiger charge is -2.11. The summed E-state index contributed by atoms with van der Waals surface area (Å²) in [5.74, 6) is -0.909. The molecule has 0 spiro atoms. The highest BCUT2D eigenvalue weighted by molar-refractivity contribution is 5.93. The molecule has 0 fully saturated rings. The van der Waals surface area contributed by atoms with E-state index in [1.807, 2.05) is 30.3 Å². The largest absolute Gasteiger partial charge is 0.508 e. The zero-order chi connectivity index (χ0) is 23.4. The van der Waals surface area contributed by atoms with Crippen LogP contribution in [0.2, 0.25) is 0 Å². The molecule has 0 unspecified atom stereocenters. The molecule has 3 aromatic carbocycles. The third-order valence-corrected chi connectivity index (χ3v) is 4.63. The Kier molecular flexibility index (Phi) is 5.90. The van der Waals surface area contributed by atoms with Gasteiger partial charge in [0.2, 0.25) is 0 Å². The van der Waals surface area contributed by atoms with Crippen LogP contribution < -0.4 is 10.1 Å². The number of nitro groups is 1. The van der Waals surface area contributed by atoms with Gasteiger partial charge in [-0.25, -0.2) is 0 Å². The molecule has 3 N–H and O–H groups in total. The van der Waals surface area contributed by atoms with Crippen molar-refractivity contribution in [3.63, 3.8) is 0 Å². The van der Waals surface area contributed by atoms with Crippen molar-refractivity contribution in [2.75, 3.05) is 0 Å². The molecule has 0 aliphatic rings. The van der Waals surface area contributed by atoms with Crippen molar-refractivity contribution >= 4 is 11.6 Å². The molecular weight excluding hydrogens is 430 g/mol. The average molecular weight is 447 g/mol. The van der Waals surface area contributed by atoms with E-state index in [9.17, 15) is 25.1 Å². The maximum Gasteiger partial charge on any atom is 0.273 e. The minimum Gasteiger partial charge on any atom is -0.508 e. The Bertz CT molecular complexity index is 1300. The summed E-state index contributed by atoms with van der Waals surface area (Å²) in [4.78, 5) is 22.7. The van der Waals surface area contributed by atoms with Gasteiger partial charge in [-0.05, 0) is 17.7 Å². The molecule has 1 aromatic heterocycles. The molecule has 0 radical (unpaired) electrons. The van der Waals surface area contributed by atoms with E-state index in [4.69, 9.17) is 9.26 Å². The van der Waals surface area contributed by atoms with Gasteiger partial charge >= 0.3 is 0 Å². The lowest BCUT2D eigenvalue weighted by molar-refractivity contribution is -0.384. The van der Waals surface area contributed by atoms with E-state index < -0.39 is 10.8 Å². The molecule has 10 heteroatoms. The van der Waals surface area contributed by atoms with Gasteiger partial charge in [-0.1, -0.05) is 35.5 Å². The predicted molar refractivity (Wildman–Crippen MR) is 116 cm³/mol. The highest BCUT2D eigenvalue weighted by Crippen LogP contribution is 2.43. The first-order valence-corrected chi connectivity index (χ1v) is 9.68. The van der Waals surface area contributed by atoms with Gasteiger partial charge in [0.05, 0.1) is 4.92 Å². The Morgan fingerprint density at radius 3 is 2.48 bits per heavy atom. The number of hydrogen-bond donors (Lipinski definition) is 3. The van der Waals surface area contributed by atoms with Crippen molar-refractivity contribution in [1.82, 2.24) is 10.5 Å². The van der Waals surface area contributed by atoms with Gasteiger partial charge in [0.25, 0.3) is 11.6 Å². The number of phenolic OH excluding ortho intramolecular Hbond substituents is 2. The second-order valence-corrected chi connectivity index (χ2v) is 6.94. The fraction of sp³-hybridized carbons (Fsp3) is 0.0435. The Hall–Kier alpha value is -4.86. The predicted octanol–water partition coefficient (Wildman–Crippen LogP) is 4.38. The minimum absolute atomic E-state index is 0.00579. The van der Waals surface area contributed by atoms with Crippen LogP contribution >= 0.6 is 0 Å². The van der Waals surface area contributed by atoms with Crippen LogP contribution in [0, 0.1) is 10.1 Å². The van der Waals surface area contributed by atoms with Crippen LogP contribution in [0.15, 0.2) is 77.3 Å². The Balaban J connectivity index is 1.58. The monoisotopic (exact) mass is 447 g/mol. The maximum absolute atomic E-state index is 12.4. The van der Waals surface area contributed by atoms with Gasteiger partial charge in [-0.3, -0.25) is 14.9 Å². The van der Waals surface area contributed by atoms with Crippen molar-refractivity contribution in [3.8, 4) is 34.3 Å². The molecule has 0 atom stereocenters. The van der Waals surface area contributed by atoms with Gasteiger partial charge in [-0.15, -0.1) is 0 Å². The van der Waals surface area contributed by atoms with Crippen molar-refractivity contribution in [3.05, 3.63) is 94.2 Å². The number of aromatic hydroxyl groups is 2. The summed E-state index contributed by atoms with van der Waals surface area (Å²) < 4.78 is 11.0. The first kappa shape index (κ1) is 21.4. The van der Waals surface area contributed by atoms with Gasteiger partial charge in [-0.2, -0.15) is 0 Å². The smallest absolute Gasteiger partial charge is 0.273 e. The maximum atomic E-state index is 12.4. The number of nitro benzene ring substituents is 1. The molecule has 0 bridgehead atoms. The number of phenols is 2. The van der Waals surface area contributed by atoms with Gasteiger partial charge in [0.1, 0.15) is 28.6 Å². The minimum atomic E-state index is -0.547. The third kappa shape index (κ3) is 4.90. The number of nitrogens with zero attached hydrogens (tertiary/aromatic N) is 2. The van der Waals surface area contributed by atoms with Gasteiger partial charge in [0, 0.05) is 36.9 Å². The molecule has 0 aliphatic carbocycles. The summed E-state index contributed by atoms with van der Waals surface area (Å²) in [6.45, 7) is 0.292. The van der Waals surface area contributed by atoms with Crippen LogP contribution in [-0.2, 0) is 6.54 Å². The van der Waals surface area contributed by atoms with E-state index in [0.717, 1.165) is 11.6 Å². The van der Waals surface area contributed by atoms with E-state index in [1.54, 1.807) is 0 Å². The Morgan fingerprint density at radius 1 is 1.06 bits per heavy atom. The molecule has 4 rings (SSSR count). The lowest BCUT2D eigenvalue weighted by Crippen LogP contribution is -2.22. The summed E-state index contributed by atoms with van der Waals surface area (Å²) >= 11 is 0. The zero-order valence-electron chi connectivity index (χ0n) is 17.0. The number of ether oxygens (including phenoxy) is 1. The molecule has 1 amide bonds. The first-order chi connectivity index (χ1) is 15.9. The van der Waals surface area contributed by atoms with Crippen LogP contribution in [0.5, 0.6) is 23.0 Å². The quantitative estimate of drug-likeness (QED) is 0.279. The Labute approximate surface area is 186 Å². The Morgan fingerprint density at radius 2 is 1.79 bits per heavy atom. The molecule has 166 valence electrons. The van der Waals surface area contributed by atoms with Gasteiger partial charge < -0.3 is 24.8 Å². The molecular formula is C23H17N3O7. The van der Waals surface area contributed by atoms with E-state index in [1.165, 1.54) is 36.4 Å². The fourth-order valence-corrected chi connectivity index (χ4v) is 3.05. The number of non-ortho nitro benzene ring substituents is 1. The summed E-state index contributed by atoms with van der Waals surface area (Å²) in [6, 6.07) is 18.2. The normalized spacial score (nSPS) is 10.5. The lowest BCUT2D eigenvalue weighted by atomic mass is 10.1. The van der Waals surface area contributed by atoms with Crippen molar-refractivity contribution in [2.24, 2.45) is 0 Å². The van der Waals surface area contributed by atoms with E-state index >= 15 is 0 Å². The summed E-state index contributed by atoms with van der Waals surface area (Å²) in [7, 11) is 0. The number of rotatable bonds is 7. The molecule has 0 aliphatic heterocycles. The van der Waals surface area contributed by atoms with Crippen molar-refractivity contribution in [1.29, 1.82) is 0 Å². The molecule has 4 aromatic rings. The summed E-state index contributed by atoms with van der Waals surface area (Å²) in [5.41, 5.74) is 0.808. The number of carbonyl (C=O) groups is 1. The fourth-order valence-electron chi connectivity index (χ4n) is 3.05. The average Bonchev–Trinajstić information content (AvgIpc) is 3.28. The van der Waals surface area contributed by atoms with Crippen LogP contribution in [0.25, 0.3) is 11.3 Å². The van der Waals surface area contributed by atoms with E-state index in [2.05, 4.69) is 10.5 Å². The number of benzene rings is 3. The van der Waals surface area contributed by atoms with Crippen molar-refractivity contribution in [2.45, 2.75) is 6.54 Å². The second kappa shape index (κ2) is 9.10. The zero-order valence-corrected chi connectivity index (χ0v) is 17.0. The number of hydrogen-bond acceptors (Lipinski definition) is 8. The molecule has 10 nitrogen and oxygen atoms in total. The third-order valence-electron chi connectivity index (χ3n) is 4.63. The second-order valence-electron chi connectivity index (χ2n) is 6.94. The standard InChI is InChI=1S/C23H17N3O7/c27-16-10-19(28)22(20(11-16)32-17-8-6-15(7-9-17)26(30)31)21-12-18(25-33-21)23(29)24-13-14-4-2-1-3-5-14/h1-12,27-28H,13H2,(H,24,29). The molecule has 0 saturated carbocycles. The number of nitrogens with one attached hydrogen (secondary N) is 1. The molecule has 1 heterocycles.